The number of nitrogens with two attached hydrogens (primary N) is 1. The van der Waals surface area contributed by atoms with Crippen molar-refractivity contribution in [1.29, 1.82) is 0 Å². The first kappa shape index (κ1) is 13.3. The summed E-state index contributed by atoms with van der Waals surface area (Å²) in [6.45, 7) is 5.38. The Morgan fingerprint density at radius 2 is 2.11 bits per heavy atom. The van der Waals surface area contributed by atoms with Crippen LogP contribution in [0.1, 0.15) is 39.5 Å². The van der Waals surface area contributed by atoms with Gasteiger partial charge in [-0.2, -0.15) is 0 Å². The fourth-order valence-electron chi connectivity index (χ4n) is 3.02. The Balaban J connectivity index is 2.10. The lowest BCUT2D eigenvalue weighted by Gasteiger charge is -2.41. The molecule has 0 radical (unpaired) electrons. The number of amides is 2. The zero-order valence-corrected chi connectivity index (χ0v) is 11.2. The minimum Gasteiger partial charge on any atom is -0.369 e. The summed E-state index contributed by atoms with van der Waals surface area (Å²) in [6.07, 6.45) is 3.56. The maximum Gasteiger partial charge on any atom is 0.242 e. The first-order valence-electron chi connectivity index (χ1n) is 6.79. The van der Waals surface area contributed by atoms with Crippen LogP contribution >= 0.6 is 0 Å². The molecule has 3 atom stereocenters. The van der Waals surface area contributed by atoms with E-state index in [-0.39, 0.29) is 23.8 Å². The van der Waals surface area contributed by atoms with Gasteiger partial charge in [0.25, 0.3) is 0 Å². The second-order valence-electron chi connectivity index (χ2n) is 5.85. The third kappa shape index (κ3) is 2.36. The van der Waals surface area contributed by atoms with E-state index in [1.165, 1.54) is 0 Å². The van der Waals surface area contributed by atoms with Crippen LogP contribution in [0.4, 0.5) is 0 Å². The highest BCUT2D eigenvalue weighted by molar-refractivity contribution is 5.87. The van der Waals surface area contributed by atoms with E-state index in [1.807, 2.05) is 18.7 Å². The van der Waals surface area contributed by atoms with Gasteiger partial charge in [-0.05, 0) is 46.1 Å². The van der Waals surface area contributed by atoms with Gasteiger partial charge in [0.15, 0.2) is 0 Å². The molecule has 0 spiro atoms. The molecule has 2 rings (SSSR count). The minimum absolute atomic E-state index is 0.124. The molecule has 0 saturated carbocycles. The van der Waals surface area contributed by atoms with Gasteiger partial charge < -0.3 is 16.0 Å². The summed E-state index contributed by atoms with van der Waals surface area (Å²) in [4.78, 5) is 25.8. The number of likely N-dealkylation sites (tertiary alicyclic amines) is 1. The normalized spacial score (nSPS) is 36.7. The summed E-state index contributed by atoms with van der Waals surface area (Å²) >= 11 is 0. The number of rotatable bonds is 2. The van der Waals surface area contributed by atoms with Crippen LogP contribution in [0, 0.1) is 5.92 Å². The molecule has 2 amide bonds. The van der Waals surface area contributed by atoms with E-state index in [2.05, 4.69) is 5.32 Å². The van der Waals surface area contributed by atoms with Crippen LogP contribution in [0.5, 0.6) is 0 Å². The van der Waals surface area contributed by atoms with Crippen molar-refractivity contribution in [2.24, 2.45) is 11.7 Å². The van der Waals surface area contributed by atoms with E-state index in [9.17, 15) is 9.59 Å². The summed E-state index contributed by atoms with van der Waals surface area (Å²) in [5.41, 5.74) is 4.92. The molecule has 18 heavy (non-hydrogen) atoms. The molecular weight excluding hydrogens is 230 g/mol. The lowest BCUT2D eigenvalue weighted by Crippen LogP contribution is -2.58. The van der Waals surface area contributed by atoms with Crippen LogP contribution in [0.25, 0.3) is 0 Å². The number of hydrogen-bond acceptors (Lipinski definition) is 3. The number of piperidine rings is 1. The molecule has 0 aromatic heterocycles. The number of carbonyl (C=O) groups is 2. The SMILES string of the molecule is CC1CCC(C(N)=O)CN1C(=O)C1(C)CCCN1. The van der Waals surface area contributed by atoms with E-state index in [4.69, 9.17) is 5.73 Å². The number of primary amides is 1. The molecule has 0 aromatic carbocycles. The van der Waals surface area contributed by atoms with Crippen molar-refractivity contribution >= 4 is 11.8 Å². The third-order valence-electron chi connectivity index (χ3n) is 4.39. The van der Waals surface area contributed by atoms with Gasteiger partial charge in [0.05, 0.1) is 11.5 Å². The van der Waals surface area contributed by atoms with Crippen LogP contribution in [-0.4, -0.2) is 41.4 Å². The number of hydrogen-bond donors (Lipinski definition) is 2. The average molecular weight is 253 g/mol. The maximum atomic E-state index is 12.6. The lowest BCUT2D eigenvalue weighted by atomic mass is 9.89. The summed E-state index contributed by atoms with van der Waals surface area (Å²) in [5, 5.41) is 3.29. The van der Waals surface area contributed by atoms with Gasteiger partial charge in [-0.3, -0.25) is 9.59 Å². The molecule has 3 N–H and O–H groups in total. The van der Waals surface area contributed by atoms with E-state index >= 15 is 0 Å². The molecule has 102 valence electrons. The van der Waals surface area contributed by atoms with Crippen LogP contribution in [0.3, 0.4) is 0 Å². The number of nitrogens with one attached hydrogen (secondary N) is 1. The topological polar surface area (TPSA) is 75.4 Å². The van der Waals surface area contributed by atoms with Gasteiger partial charge in [0, 0.05) is 12.6 Å². The number of nitrogens with zero attached hydrogens (tertiary/aromatic N) is 1. The van der Waals surface area contributed by atoms with E-state index in [1.54, 1.807) is 0 Å². The summed E-state index contributed by atoms with van der Waals surface area (Å²) in [6, 6.07) is 0.201. The van der Waals surface area contributed by atoms with Gasteiger partial charge >= 0.3 is 0 Å². The second kappa shape index (κ2) is 4.88. The standard InChI is InChI=1S/C13H23N3O2/c1-9-4-5-10(11(14)17)8-16(9)12(18)13(2)6-3-7-15-13/h9-10,15H,3-8H2,1-2H3,(H2,14,17). The van der Waals surface area contributed by atoms with Crippen molar-refractivity contribution in [1.82, 2.24) is 10.2 Å². The first-order valence-corrected chi connectivity index (χ1v) is 6.79. The Bertz CT molecular complexity index is 350. The Kier molecular flexibility index (Phi) is 3.61. The molecule has 5 nitrogen and oxygen atoms in total. The molecular formula is C13H23N3O2. The summed E-state index contributed by atoms with van der Waals surface area (Å²) < 4.78 is 0. The Hall–Kier alpha value is -1.10. The Morgan fingerprint density at radius 1 is 1.39 bits per heavy atom. The van der Waals surface area contributed by atoms with E-state index in [0.717, 1.165) is 32.2 Å². The van der Waals surface area contributed by atoms with Crippen molar-refractivity contribution in [2.45, 2.75) is 51.1 Å². The molecule has 3 unspecified atom stereocenters. The molecule has 2 aliphatic rings. The molecule has 2 fully saturated rings. The smallest absolute Gasteiger partial charge is 0.242 e. The fourth-order valence-corrected chi connectivity index (χ4v) is 3.02. The first-order chi connectivity index (χ1) is 8.44. The molecule has 0 aliphatic carbocycles. The van der Waals surface area contributed by atoms with Gasteiger partial charge in [-0.1, -0.05) is 0 Å². The fraction of sp³-hybridized carbons (Fsp3) is 0.846. The molecule has 0 aromatic rings. The predicted molar refractivity (Wildman–Crippen MR) is 68.7 cm³/mol. The highest BCUT2D eigenvalue weighted by Gasteiger charge is 2.42. The van der Waals surface area contributed by atoms with Gasteiger partial charge in [0.1, 0.15) is 0 Å². The van der Waals surface area contributed by atoms with Crippen molar-refractivity contribution in [2.75, 3.05) is 13.1 Å². The summed E-state index contributed by atoms with van der Waals surface area (Å²) in [7, 11) is 0. The number of carbonyl (C=O) groups excluding carboxylic acids is 2. The Labute approximate surface area is 108 Å². The molecule has 0 bridgehead atoms. The van der Waals surface area contributed by atoms with Gasteiger partial charge in [-0.25, -0.2) is 0 Å². The molecule has 2 saturated heterocycles. The predicted octanol–water partition coefficient (Wildman–Crippen LogP) is 0.241. The molecule has 5 heteroatoms. The van der Waals surface area contributed by atoms with Crippen LogP contribution in [0.2, 0.25) is 0 Å². The van der Waals surface area contributed by atoms with Crippen molar-refractivity contribution in [3.63, 3.8) is 0 Å². The highest BCUT2D eigenvalue weighted by atomic mass is 16.2. The average Bonchev–Trinajstić information content (AvgIpc) is 2.77. The summed E-state index contributed by atoms with van der Waals surface area (Å²) in [5.74, 6) is -0.349. The molecule has 2 aliphatic heterocycles. The van der Waals surface area contributed by atoms with E-state index in [0.29, 0.717) is 6.54 Å². The quantitative estimate of drug-likeness (QED) is 0.740. The minimum atomic E-state index is -0.451. The van der Waals surface area contributed by atoms with Crippen LogP contribution in [0.15, 0.2) is 0 Å². The monoisotopic (exact) mass is 253 g/mol. The van der Waals surface area contributed by atoms with Gasteiger partial charge in [-0.15, -0.1) is 0 Å². The van der Waals surface area contributed by atoms with Gasteiger partial charge in [0.2, 0.25) is 11.8 Å². The van der Waals surface area contributed by atoms with Crippen molar-refractivity contribution in [3.8, 4) is 0 Å². The third-order valence-corrected chi connectivity index (χ3v) is 4.39. The zero-order chi connectivity index (χ0) is 13.3. The van der Waals surface area contributed by atoms with Crippen molar-refractivity contribution < 1.29 is 9.59 Å². The Morgan fingerprint density at radius 3 is 2.67 bits per heavy atom. The van der Waals surface area contributed by atoms with E-state index < -0.39 is 5.54 Å². The van der Waals surface area contributed by atoms with Crippen LogP contribution < -0.4 is 11.1 Å². The zero-order valence-electron chi connectivity index (χ0n) is 11.2. The maximum absolute atomic E-state index is 12.6. The highest BCUT2D eigenvalue weighted by Crippen LogP contribution is 2.28. The molecule has 2 heterocycles. The van der Waals surface area contributed by atoms with Crippen LogP contribution in [-0.2, 0) is 9.59 Å². The second-order valence-corrected chi connectivity index (χ2v) is 5.85. The van der Waals surface area contributed by atoms with Crippen molar-refractivity contribution in [3.05, 3.63) is 0 Å². The lowest BCUT2D eigenvalue weighted by molar-refractivity contribution is -0.143. The largest absolute Gasteiger partial charge is 0.369 e.